The highest BCUT2D eigenvalue weighted by Crippen LogP contribution is 2.38. The topological polar surface area (TPSA) is 80.9 Å². The first-order valence-corrected chi connectivity index (χ1v) is 4.62. The number of phenolic OH excluding ortho intramolecular Hbond substituents is 4. The number of benzene rings is 2. The van der Waals surface area contributed by atoms with Crippen LogP contribution in [-0.2, 0) is 0 Å². The molecule has 0 amide bonds. The predicted octanol–water partition coefficient (Wildman–Crippen LogP) is 2.18. The molecule has 2 rings (SSSR count). The lowest BCUT2D eigenvalue weighted by molar-refractivity contribution is 0.449. The standard InChI is InChI=1S/C12H10O4/c13-7-2-4-11(15)10(5-7)9-3-1-8(14)6-12(9)16/h1-6,13-16H. The Bertz CT molecular complexity index is 535. The molecule has 0 heterocycles. The molecule has 0 aliphatic rings. The van der Waals surface area contributed by atoms with Crippen molar-refractivity contribution in [3.05, 3.63) is 36.4 Å². The first kappa shape index (κ1) is 10.2. The Kier molecular flexibility index (Phi) is 2.32. The summed E-state index contributed by atoms with van der Waals surface area (Å²) >= 11 is 0. The van der Waals surface area contributed by atoms with Crippen LogP contribution in [0, 0.1) is 0 Å². The Morgan fingerprint density at radius 1 is 0.562 bits per heavy atom. The summed E-state index contributed by atoms with van der Waals surface area (Å²) < 4.78 is 0. The summed E-state index contributed by atoms with van der Waals surface area (Å²) in [5.41, 5.74) is 0.642. The van der Waals surface area contributed by atoms with Crippen molar-refractivity contribution in [1.82, 2.24) is 0 Å². The molecule has 2 aromatic rings. The second kappa shape index (κ2) is 3.66. The average molecular weight is 218 g/mol. The van der Waals surface area contributed by atoms with E-state index >= 15 is 0 Å². The normalized spacial score (nSPS) is 10.2. The lowest BCUT2D eigenvalue weighted by Gasteiger charge is -2.07. The van der Waals surface area contributed by atoms with Gasteiger partial charge in [-0.25, -0.2) is 0 Å². The Morgan fingerprint density at radius 3 is 1.88 bits per heavy atom. The van der Waals surface area contributed by atoms with Gasteiger partial charge in [-0.05, 0) is 30.3 Å². The molecular formula is C12H10O4. The van der Waals surface area contributed by atoms with Gasteiger partial charge in [0.05, 0.1) is 0 Å². The molecule has 0 bridgehead atoms. The van der Waals surface area contributed by atoms with Crippen LogP contribution in [0.25, 0.3) is 11.1 Å². The van der Waals surface area contributed by atoms with Gasteiger partial charge in [0.2, 0.25) is 0 Å². The molecule has 0 radical (unpaired) electrons. The van der Waals surface area contributed by atoms with Crippen molar-refractivity contribution in [2.75, 3.05) is 0 Å². The van der Waals surface area contributed by atoms with E-state index in [4.69, 9.17) is 5.11 Å². The van der Waals surface area contributed by atoms with E-state index in [1.54, 1.807) is 0 Å². The lowest BCUT2D eigenvalue weighted by atomic mass is 10.0. The summed E-state index contributed by atoms with van der Waals surface area (Å²) in [4.78, 5) is 0. The molecule has 4 N–H and O–H groups in total. The van der Waals surface area contributed by atoms with Crippen molar-refractivity contribution in [2.45, 2.75) is 0 Å². The molecule has 0 unspecified atom stereocenters. The Labute approximate surface area is 91.7 Å². The second-order valence-corrected chi connectivity index (χ2v) is 3.40. The Balaban J connectivity index is 2.62. The maximum Gasteiger partial charge on any atom is 0.127 e. The summed E-state index contributed by atoms with van der Waals surface area (Å²) in [5, 5.41) is 37.6. The number of rotatable bonds is 1. The minimum atomic E-state index is -0.166. The molecule has 4 nitrogen and oxygen atoms in total. The number of phenols is 4. The SMILES string of the molecule is Oc1ccc(-c2cc(O)ccc2O)c(O)c1. The molecular weight excluding hydrogens is 208 g/mol. The van der Waals surface area contributed by atoms with Crippen molar-refractivity contribution < 1.29 is 20.4 Å². The van der Waals surface area contributed by atoms with Gasteiger partial charge in [-0.1, -0.05) is 0 Å². The molecule has 0 saturated heterocycles. The minimum absolute atomic E-state index is 0.0136. The maximum absolute atomic E-state index is 9.61. The molecule has 0 fully saturated rings. The molecule has 4 heteroatoms. The molecule has 0 spiro atoms. The van der Waals surface area contributed by atoms with Crippen LogP contribution in [0.1, 0.15) is 0 Å². The van der Waals surface area contributed by atoms with Crippen LogP contribution in [0.4, 0.5) is 0 Å². The van der Waals surface area contributed by atoms with Gasteiger partial charge in [0.1, 0.15) is 23.0 Å². The van der Waals surface area contributed by atoms with Crippen molar-refractivity contribution in [1.29, 1.82) is 0 Å². The fourth-order valence-corrected chi connectivity index (χ4v) is 1.49. The third kappa shape index (κ3) is 1.72. The van der Waals surface area contributed by atoms with Gasteiger partial charge in [-0.15, -0.1) is 0 Å². The largest absolute Gasteiger partial charge is 0.508 e. The number of hydrogen-bond acceptors (Lipinski definition) is 4. The summed E-state index contributed by atoms with van der Waals surface area (Å²) in [7, 11) is 0. The number of hydrogen-bond donors (Lipinski definition) is 4. The highest BCUT2D eigenvalue weighted by atomic mass is 16.3. The van der Waals surface area contributed by atoms with Gasteiger partial charge in [0.15, 0.2) is 0 Å². The summed E-state index contributed by atoms with van der Waals surface area (Å²) in [6.07, 6.45) is 0. The van der Waals surface area contributed by atoms with Crippen LogP contribution in [-0.4, -0.2) is 20.4 Å². The molecule has 82 valence electrons. The molecule has 0 saturated carbocycles. The number of aromatic hydroxyl groups is 4. The van der Waals surface area contributed by atoms with Gasteiger partial charge >= 0.3 is 0 Å². The fourth-order valence-electron chi connectivity index (χ4n) is 1.49. The van der Waals surface area contributed by atoms with Crippen molar-refractivity contribution >= 4 is 0 Å². The van der Waals surface area contributed by atoms with Crippen LogP contribution in [0.5, 0.6) is 23.0 Å². The van der Waals surface area contributed by atoms with E-state index in [-0.39, 0.29) is 23.0 Å². The average Bonchev–Trinajstić information content (AvgIpc) is 2.22. The van der Waals surface area contributed by atoms with E-state index in [0.29, 0.717) is 11.1 Å². The van der Waals surface area contributed by atoms with E-state index in [1.165, 1.54) is 36.4 Å². The Morgan fingerprint density at radius 2 is 1.19 bits per heavy atom. The zero-order valence-corrected chi connectivity index (χ0v) is 8.25. The van der Waals surface area contributed by atoms with E-state index in [9.17, 15) is 15.3 Å². The van der Waals surface area contributed by atoms with E-state index < -0.39 is 0 Å². The summed E-state index contributed by atoms with van der Waals surface area (Å²) in [6.45, 7) is 0. The minimum Gasteiger partial charge on any atom is -0.508 e. The van der Waals surface area contributed by atoms with Crippen molar-refractivity contribution in [2.24, 2.45) is 0 Å². The van der Waals surface area contributed by atoms with Crippen LogP contribution >= 0.6 is 0 Å². The molecule has 0 aromatic heterocycles. The van der Waals surface area contributed by atoms with E-state index in [2.05, 4.69) is 0 Å². The quantitative estimate of drug-likeness (QED) is 0.553. The van der Waals surface area contributed by atoms with E-state index in [1.807, 2.05) is 0 Å². The van der Waals surface area contributed by atoms with Crippen LogP contribution in [0.2, 0.25) is 0 Å². The summed E-state index contributed by atoms with van der Waals surface area (Å²) in [6, 6.07) is 8.02. The highest BCUT2D eigenvalue weighted by Gasteiger charge is 2.10. The third-order valence-electron chi connectivity index (χ3n) is 2.25. The fraction of sp³-hybridized carbons (Fsp3) is 0. The maximum atomic E-state index is 9.61. The molecule has 0 atom stereocenters. The Hall–Kier alpha value is -2.36. The van der Waals surface area contributed by atoms with Crippen LogP contribution in [0.3, 0.4) is 0 Å². The van der Waals surface area contributed by atoms with Crippen molar-refractivity contribution in [3.8, 4) is 34.1 Å². The van der Waals surface area contributed by atoms with Crippen LogP contribution < -0.4 is 0 Å². The first-order valence-electron chi connectivity index (χ1n) is 4.62. The molecule has 16 heavy (non-hydrogen) atoms. The smallest absolute Gasteiger partial charge is 0.127 e. The lowest BCUT2D eigenvalue weighted by Crippen LogP contribution is -1.80. The zero-order chi connectivity index (χ0) is 11.7. The van der Waals surface area contributed by atoms with Gasteiger partial charge in [-0.2, -0.15) is 0 Å². The zero-order valence-electron chi connectivity index (χ0n) is 8.25. The van der Waals surface area contributed by atoms with E-state index in [0.717, 1.165) is 0 Å². The molecule has 0 aliphatic carbocycles. The third-order valence-corrected chi connectivity index (χ3v) is 2.25. The molecule has 2 aromatic carbocycles. The second-order valence-electron chi connectivity index (χ2n) is 3.40. The van der Waals surface area contributed by atoms with Gasteiger partial charge in [0, 0.05) is 17.2 Å². The molecule has 0 aliphatic heterocycles. The van der Waals surface area contributed by atoms with Gasteiger partial charge in [0.25, 0.3) is 0 Å². The van der Waals surface area contributed by atoms with Gasteiger partial charge in [-0.3, -0.25) is 0 Å². The van der Waals surface area contributed by atoms with Gasteiger partial charge < -0.3 is 20.4 Å². The first-order chi connectivity index (χ1) is 7.58. The highest BCUT2D eigenvalue weighted by molar-refractivity contribution is 5.76. The summed E-state index contributed by atoms with van der Waals surface area (Å²) in [5.74, 6) is -0.305. The van der Waals surface area contributed by atoms with Crippen LogP contribution in [0.15, 0.2) is 36.4 Å². The monoisotopic (exact) mass is 218 g/mol. The predicted molar refractivity (Wildman–Crippen MR) is 58.5 cm³/mol. The van der Waals surface area contributed by atoms with Crippen molar-refractivity contribution in [3.63, 3.8) is 0 Å².